The number of hydrogen-bond donors (Lipinski definition) is 0. The van der Waals surface area contributed by atoms with Crippen molar-refractivity contribution in [3.05, 3.63) is 40.8 Å². The molecule has 1 aromatic carbocycles. The van der Waals surface area contributed by atoms with E-state index < -0.39 is 0 Å². The first kappa shape index (κ1) is 10.5. The smallest absolute Gasteiger partial charge is 0.141 e. The van der Waals surface area contributed by atoms with Crippen LogP contribution in [0.25, 0.3) is 0 Å². The second-order valence-electron chi connectivity index (χ2n) is 3.74. The van der Waals surface area contributed by atoms with E-state index in [4.69, 9.17) is 11.6 Å². The summed E-state index contributed by atoms with van der Waals surface area (Å²) in [5.41, 5.74) is 2.18. The molecule has 1 heterocycles. The number of nitrogens with zero attached hydrogens (tertiary/aromatic N) is 1. The Morgan fingerprint density at radius 3 is 2.87 bits per heavy atom. The first-order chi connectivity index (χ1) is 7.18. The quantitative estimate of drug-likeness (QED) is 0.699. The van der Waals surface area contributed by atoms with E-state index in [1.54, 1.807) is 12.1 Å². The van der Waals surface area contributed by atoms with Crippen LogP contribution in [0.5, 0.6) is 0 Å². The number of rotatable bonds is 1. The van der Waals surface area contributed by atoms with Crippen LogP contribution in [0.2, 0.25) is 5.02 Å². The summed E-state index contributed by atoms with van der Waals surface area (Å²) in [6.07, 6.45) is 4.45. The fourth-order valence-electron chi connectivity index (χ4n) is 1.83. The van der Waals surface area contributed by atoms with Crippen molar-refractivity contribution in [3.8, 4) is 0 Å². The van der Waals surface area contributed by atoms with Gasteiger partial charge >= 0.3 is 0 Å². The van der Waals surface area contributed by atoms with Gasteiger partial charge in [-0.05, 0) is 38.0 Å². The summed E-state index contributed by atoms with van der Waals surface area (Å²) < 4.78 is 13.0. The topological polar surface area (TPSA) is 3.24 Å². The van der Waals surface area contributed by atoms with Gasteiger partial charge in [-0.2, -0.15) is 0 Å². The van der Waals surface area contributed by atoms with Gasteiger partial charge < -0.3 is 4.90 Å². The summed E-state index contributed by atoms with van der Waals surface area (Å²) in [5.74, 6) is -0.362. The van der Waals surface area contributed by atoms with E-state index in [9.17, 15) is 4.39 Å². The lowest BCUT2D eigenvalue weighted by atomic mass is 10.1. The summed E-state index contributed by atoms with van der Waals surface area (Å²) in [4.78, 5) is 2.16. The second-order valence-corrected chi connectivity index (χ2v) is 4.14. The van der Waals surface area contributed by atoms with Gasteiger partial charge in [0.25, 0.3) is 0 Å². The number of anilines is 1. The van der Waals surface area contributed by atoms with Gasteiger partial charge in [0.15, 0.2) is 0 Å². The minimum absolute atomic E-state index is 0.186. The molecule has 0 atom stereocenters. The lowest BCUT2D eigenvalue weighted by molar-refractivity contribution is 0.628. The average molecular weight is 226 g/mol. The normalized spacial score (nSPS) is 16.5. The Kier molecular flexibility index (Phi) is 2.96. The van der Waals surface area contributed by atoms with Crippen molar-refractivity contribution in [3.63, 3.8) is 0 Å². The van der Waals surface area contributed by atoms with Crippen LogP contribution < -0.4 is 4.90 Å². The van der Waals surface area contributed by atoms with Crippen molar-refractivity contribution in [2.45, 2.75) is 19.8 Å². The highest BCUT2D eigenvalue weighted by Gasteiger charge is 2.13. The molecule has 0 unspecified atom stereocenters. The molecule has 0 radical (unpaired) electrons. The number of hydrogen-bond acceptors (Lipinski definition) is 1. The highest BCUT2D eigenvalue weighted by Crippen LogP contribution is 2.27. The molecule has 1 aliphatic rings. The summed E-state index contributed by atoms with van der Waals surface area (Å²) in [6, 6.07) is 4.86. The lowest BCUT2D eigenvalue weighted by Crippen LogP contribution is -2.24. The first-order valence-corrected chi connectivity index (χ1v) is 5.45. The van der Waals surface area contributed by atoms with E-state index in [1.807, 2.05) is 0 Å². The van der Waals surface area contributed by atoms with Crippen LogP contribution in [-0.2, 0) is 0 Å². The predicted molar refractivity (Wildman–Crippen MR) is 61.7 cm³/mol. The Balaban J connectivity index is 2.33. The molecule has 3 heteroatoms. The van der Waals surface area contributed by atoms with Gasteiger partial charge in [0.2, 0.25) is 0 Å². The average Bonchev–Trinajstić information content (AvgIpc) is 2.23. The lowest BCUT2D eigenvalue weighted by Gasteiger charge is -2.28. The Labute approximate surface area is 94.2 Å². The molecule has 0 N–H and O–H groups in total. The standard InChI is InChI=1S/C12H13ClFN/c1-9-4-2-3-7-15(9)10-5-6-12(14)11(13)8-10/h4-6,8H,2-3,7H2,1H3. The fraction of sp³-hybridized carbons (Fsp3) is 0.333. The number of benzene rings is 1. The molecule has 0 aliphatic carbocycles. The van der Waals surface area contributed by atoms with Gasteiger partial charge in [0.1, 0.15) is 5.82 Å². The molecule has 1 nitrogen and oxygen atoms in total. The zero-order valence-electron chi connectivity index (χ0n) is 8.63. The van der Waals surface area contributed by atoms with Crippen LogP contribution in [0.15, 0.2) is 30.0 Å². The van der Waals surface area contributed by atoms with Crippen LogP contribution in [0.4, 0.5) is 10.1 Å². The van der Waals surface area contributed by atoms with Crippen LogP contribution in [0.1, 0.15) is 19.8 Å². The molecular formula is C12H13ClFN. The molecular weight excluding hydrogens is 213 g/mol. The summed E-state index contributed by atoms with van der Waals surface area (Å²) in [6.45, 7) is 3.04. The molecule has 0 fully saturated rings. The van der Waals surface area contributed by atoms with Gasteiger partial charge in [-0.15, -0.1) is 0 Å². The molecule has 0 amide bonds. The molecule has 0 aromatic heterocycles. The number of allylic oxidation sites excluding steroid dienone is 2. The molecule has 0 spiro atoms. The van der Waals surface area contributed by atoms with Crippen molar-refractivity contribution in [1.82, 2.24) is 0 Å². The van der Waals surface area contributed by atoms with E-state index >= 15 is 0 Å². The zero-order valence-corrected chi connectivity index (χ0v) is 9.39. The second kappa shape index (κ2) is 4.23. The molecule has 15 heavy (non-hydrogen) atoms. The van der Waals surface area contributed by atoms with Gasteiger partial charge in [-0.25, -0.2) is 4.39 Å². The highest BCUT2D eigenvalue weighted by molar-refractivity contribution is 6.31. The third-order valence-corrected chi connectivity index (χ3v) is 2.96. The largest absolute Gasteiger partial charge is 0.346 e. The summed E-state index contributed by atoms with van der Waals surface area (Å²) >= 11 is 5.76. The molecule has 0 saturated carbocycles. The van der Waals surface area contributed by atoms with E-state index in [-0.39, 0.29) is 10.8 Å². The maximum absolute atomic E-state index is 13.0. The molecule has 0 bridgehead atoms. The van der Waals surface area contributed by atoms with E-state index in [2.05, 4.69) is 17.9 Å². The van der Waals surface area contributed by atoms with Crippen molar-refractivity contribution in [2.24, 2.45) is 0 Å². The van der Waals surface area contributed by atoms with E-state index in [0.717, 1.165) is 25.1 Å². The minimum Gasteiger partial charge on any atom is -0.346 e. The van der Waals surface area contributed by atoms with Gasteiger partial charge in [-0.1, -0.05) is 17.7 Å². The first-order valence-electron chi connectivity index (χ1n) is 5.08. The molecule has 2 rings (SSSR count). The van der Waals surface area contributed by atoms with Crippen LogP contribution in [0, 0.1) is 5.82 Å². The van der Waals surface area contributed by atoms with Gasteiger partial charge in [-0.3, -0.25) is 0 Å². The SMILES string of the molecule is CC1=CCCCN1c1ccc(F)c(Cl)c1. The highest BCUT2D eigenvalue weighted by atomic mass is 35.5. The van der Waals surface area contributed by atoms with Crippen molar-refractivity contribution < 1.29 is 4.39 Å². The number of halogens is 2. The maximum Gasteiger partial charge on any atom is 0.141 e. The Morgan fingerprint density at radius 1 is 1.40 bits per heavy atom. The summed E-state index contributed by atoms with van der Waals surface area (Å²) in [5, 5.41) is 0.186. The third kappa shape index (κ3) is 2.15. The zero-order chi connectivity index (χ0) is 10.8. The third-order valence-electron chi connectivity index (χ3n) is 2.67. The monoisotopic (exact) mass is 225 g/mol. The minimum atomic E-state index is -0.362. The van der Waals surface area contributed by atoms with Gasteiger partial charge in [0, 0.05) is 17.9 Å². The van der Waals surface area contributed by atoms with Crippen molar-refractivity contribution in [2.75, 3.05) is 11.4 Å². The van der Waals surface area contributed by atoms with Crippen molar-refractivity contribution in [1.29, 1.82) is 0 Å². The van der Waals surface area contributed by atoms with E-state index in [0.29, 0.717) is 0 Å². The van der Waals surface area contributed by atoms with Gasteiger partial charge in [0.05, 0.1) is 5.02 Å². The summed E-state index contributed by atoms with van der Waals surface area (Å²) in [7, 11) is 0. The van der Waals surface area contributed by atoms with Crippen molar-refractivity contribution >= 4 is 17.3 Å². The van der Waals surface area contributed by atoms with Crippen LogP contribution in [0.3, 0.4) is 0 Å². The Bertz CT molecular complexity index is 401. The molecule has 1 aliphatic heterocycles. The molecule has 0 saturated heterocycles. The van der Waals surface area contributed by atoms with Crippen LogP contribution >= 0.6 is 11.6 Å². The predicted octanol–water partition coefficient (Wildman–Crippen LogP) is 3.98. The fourth-order valence-corrected chi connectivity index (χ4v) is 2.01. The maximum atomic E-state index is 13.0. The van der Waals surface area contributed by atoms with Crippen LogP contribution in [-0.4, -0.2) is 6.54 Å². The molecule has 80 valence electrons. The molecule has 1 aromatic rings. The Hall–Kier alpha value is -1.02. The Morgan fingerprint density at radius 2 is 2.20 bits per heavy atom. The van der Waals surface area contributed by atoms with E-state index in [1.165, 1.54) is 11.8 Å².